The quantitative estimate of drug-likeness (QED) is 0.667. The van der Waals surface area contributed by atoms with Crippen molar-refractivity contribution in [1.82, 2.24) is 15.1 Å². The number of β-amino-alcohol motifs (C(OH)–C–C–N with tert-alkyl or cyclic N) is 1. The van der Waals surface area contributed by atoms with Gasteiger partial charge in [-0.2, -0.15) is 5.10 Å². The summed E-state index contributed by atoms with van der Waals surface area (Å²) in [4.78, 5) is 0. The molecule has 1 atom stereocenters. The van der Waals surface area contributed by atoms with Crippen molar-refractivity contribution in [3.63, 3.8) is 0 Å². The predicted molar refractivity (Wildman–Crippen MR) is 49.3 cm³/mol. The van der Waals surface area contributed by atoms with Crippen molar-refractivity contribution in [1.29, 1.82) is 0 Å². The average molecular weight is 181 g/mol. The lowest BCUT2D eigenvalue weighted by Gasteiger charge is -2.16. The molecule has 0 amide bonds. The van der Waals surface area contributed by atoms with Crippen molar-refractivity contribution in [3.8, 4) is 0 Å². The van der Waals surface area contributed by atoms with Crippen LogP contribution in [-0.4, -0.2) is 21.4 Å². The van der Waals surface area contributed by atoms with Gasteiger partial charge in [0.1, 0.15) is 0 Å². The number of aromatic nitrogens is 2. The first-order chi connectivity index (χ1) is 6.18. The van der Waals surface area contributed by atoms with Crippen LogP contribution in [0.25, 0.3) is 0 Å². The van der Waals surface area contributed by atoms with E-state index in [0.717, 1.165) is 17.8 Å². The second-order valence-electron chi connectivity index (χ2n) is 3.75. The van der Waals surface area contributed by atoms with Crippen LogP contribution < -0.4 is 5.32 Å². The number of rotatable bonds is 1. The number of aliphatic hydroxyl groups excluding tert-OH is 1. The van der Waals surface area contributed by atoms with Gasteiger partial charge in [-0.05, 0) is 13.8 Å². The van der Waals surface area contributed by atoms with Crippen LogP contribution in [-0.2, 0) is 6.54 Å². The zero-order valence-electron chi connectivity index (χ0n) is 7.99. The molecule has 13 heavy (non-hydrogen) atoms. The molecule has 1 unspecified atom stereocenters. The van der Waals surface area contributed by atoms with E-state index < -0.39 is 6.10 Å². The minimum Gasteiger partial charge on any atom is -0.387 e. The Bertz CT molecular complexity index is 306. The lowest BCUT2D eigenvalue weighted by Crippen LogP contribution is -2.27. The van der Waals surface area contributed by atoms with Gasteiger partial charge in [-0.1, -0.05) is 0 Å². The van der Waals surface area contributed by atoms with Crippen LogP contribution >= 0.6 is 0 Å². The number of fused-ring (bicyclic) bond motifs is 1. The summed E-state index contributed by atoms with van der Waals surface area (Å²) in [6.45, 7) is 5.57. The fourth-order valence-corrected chi connectivity index (χ4v) is 1.56. The van der Waals surface area contributed by atoms with Gasteiger partial charge in [-0.15, -0.1) is 0 Å². The Kier molecular flexibility index (Phi) is 2.09. The first kappa shape index (κ1) is 8.72. The Labute approximate surface area is 77.6 Å². The van der Waals surface area contributed by atoms with E-state index in [4.69, 9.17) is 0 Å². The van der Waals surface area contributed by atoms with Crippen LogP contribution in [0.2, 0.25) is 0 Å². The number of hydrogen-bond donors (Lipinski definition) is 2. The molecule has 2 heterocycles. The monoisotopic (exact) mass is 181 g/mol. The average Bonchev–Trinajstić information content (AvgIpc) is 2.49. The molecule has 0 saturated heterocycles. The van der Waals surface area contributed by atoms with E-state index in [1.165, 1.54) is 0 Å². The molecule has 1 aromatic rings. The first-order valence-electron chi connectivity index (χ1n) is 4.65. The van der Waals surface area contributed by atoms with E-state index in [-0.39, 0.29) is 0 Å². The minimum atomic E-state index is -0.392. The Morgan fingerprint density at radius 3 is 3.08 bits per heavy atom. The molecule has 0 radical (unpaired) electrons. The number of nitrogens with one attached hydrogen (secondary N) is 1. The highest BCUT2D eigenvalue weighted by molar-refractivity contribution is 5.22. The standard InChI is InChI=1S/C9H15N3O/c1-6(2)12-5-7-8(11-12)3-10-4-9(7)13/h5-6,9-10,13H,3-4H2,1-2H3. The van der Waals surface area contributed by atoms with E-state index in [2.05, 4.69) is 24.3 Å². The SMILES string of the molecule is CC(C)n1cc2c(n1)CNCC2O. The molecule has 1 aliphatic heterocycles. The Morgan fingerprint density at radius 2 is 2.46 bits per heavy atom. The van der Waals surface area contributed by atoms with E-state index in [1.54, 1.807) is 0 Å². The normalized spacial score (nSPS) is 22.0. The first-order valence-corrected chi connectivity index (χ1v) is 4.65. The van der Waals surface area contributed by atoms with Gasteiger partial charge in [-0.3, -0.25) is 4.68 Å². The van der Waals surface area contributed by atoms with Crippen molar-refractivity contribution >= 4 is 0 Å². The van der Waals surface area contributed by atoms with E-state index in [9.17, 15) is 5.11 Å². The summed E-state index contributed by atoms with van der Waals surface area (Å²) in [5.41, 5.74) is 1.96. The lowest BCUT2D eigenvalue weighted by atomic mass is 10.1. The van der Waals surface area contributed by atoms with Crippen LogP contribution in [0.5, 0.6) is 0 Å². The van der Waals surface area contributed by atoms with Crippen LogP contribution in [0.15, 0.2) is 6.20 Å². The fraction of sp³-hybridized carbons (Fsp3) is 0.667. The van der Waals surface area contributed by atoms with Gasteiger partial charge in [0.2, 0.25) is 0 Å². The maximum atomic E-state index is 9.64. The smallest absolute Gasteiger partial charge is 0.0948 e. The number of aliphatic hydroxyl groups is 1. The highest BCUT2D eigenvalue weighted by Crippen LogP contribution is 2.21. The van der Waals surface area contributed by atoms with Crippen molar-refractivity contribution in [2.75, 3.05) is 6.54 Å². The zero-order valence-corrected chi connectivity index (χ0v) is 7.99. The third-order valence-electron chi connectivity index (χ3n) is 2.36. The zero-order chi connectivity index (χ0) is 9.42. The minimum absolute atomic E-state index is 0.359. The summed E-state index contributed by atoms with van der Waals surface area (Å²) >= 11 is 0. The Morgan fingerprint density at radius 1 is 1.69 bits per heavy atom. The van der Waals surface area contributed by atoms with Gasteiger partial charge in [0, 0.05) is 30.9 Å². The summed E-state index contributed by atoms with van der Waals surface area (Å²) < 4.78 is 1.90. The Hall–Kier alpha value is -0.870. The summed E-state index contributed by atoms with van der Waals surface area (Å²) in [5.74, 6) is 0. The maximum Gasteiger partial charge on any atom is 0.0948 e. The van der Waals surface area contributed by atoms with Crippen LogP contribution in [0, 0.1) is 0 Å². The van der Waals surface area contributed by atoms with Gasteiger partial charge in [0.05, 0.1) is 11.8 Å². The summed E-state index contributed by atoms with van der Waals surface area (Å²) in [5, 5.41) is 17.2. The molecule has 4 nitrogen and oxygen atoms in total. The maximum absolute atomic E-state index is 9.64. The fourth-order valence-electron chi connectivity index (χ4n) is 1.56. The molecule has 2 rings (SSSR count). The predicted octanol–water partition coefficient (Wildman–Crippen LogP) is 0.601. The van der Waals surface area contributed by atoms with Gasteiger partial charge >= 0.3 is 0 Å². The van der Waals surface area contributed by atoms with E-state index in [0.29, 0.717) is 12.6 Å². The second-order valence-corrected chi connectivity index (χ2v) is 3.75. The van der Waals surface area contributed by atoms with E-state index in [1.807, 2.05) is 10.9 Å². The van der Waals surface area contributed by atoms with Crippen molar-refractivity contribution in [2.45, 2.75) is 32.5 Å². The van der Waals surface area contributed by atoms with Gasteiger partial charge in [0.25, 0.3) is 0 Å². The Balaban J connectivity index is 2.36. The molecule has 1 aliphatic rings. The van der Waals surface area contributed by atoms with Crippen molar-refractivity contribution in [3.05, 3.63) is 17.5 Å². The topological polar surface area (TPSA) is 50.1 Å². The highest BCUT2D eigenvalue weighted by atomic mass is 16.3. The molecule has 0 bridgehead atoms. The van der Waals surface area contributed by atoms with Crippen molar-refractivity contribution < 1.29 is 5.11 Å². The highest BCUT2D eigenvalue weighted by Gasteiger charge is 2.21. The lowest BCUT2D eigenvalue weighted by molar-refractivity contribution is 0.165. The van der Waals surface area contributed by atoms with Gasteiger partial charge < -0.3 is 10.4 Å². The van der Waals surface area contributed by atoms with Crippen molar-refractivity contribution in [2.24, 2.45) is 0 Å². The van der Waals surface area contributed by atoms with E-state index >= 15 is 0 Å². The second kappa shape index (κ2) is 3.12. The molecule has 0 fully saturated rings. The summed E-state index contributed by atoms with van der Waals surface area (Å²) in [7, 11) is 0. The molecule has 0 spiro atoms. The summed E-state index contributed by atoms with van der Waals surface area (Å²) in [6.07, 6.45) is 1.56. The molecule has 2 N–H and O–H groups in total. The molecule has 0 aliphatic carbocycles. The largest absolute Gasteiger partial charge is 0.387 e. The molecule has 72 valence electrons. The molecule has 1 aromatic heterocycles. The van der Waals surface area contributed by atoms with Crippen LogP contribution in [0.3, 0.4) is 0 Å². The number of nitrogens with zero attached hydrogens (tertiary/aromatic N) is 2. The third-order valence-corrected chi connectivity index (χ3v) is 2.36. The molecular weight excluding hydrogens is 166 g/mol. The molecular formula is C9H15N3O. The number of hydrogen-bond acceptors (Lipinski definition) is 3. The van der Waals surface area contributed by atoms with Crippen LogP contribution in [0.1, 0.15) is 37.3 Å². The van der Waals surface area contributed by atoms with Gasteiger partial charge in [-0.25, -0.2) is 0 Å². The van der Waals surface area contributed by atoms with Gasteiger partial charge in [0.15, 0.2) is 0 Å². The summed E-state index contributed by atoms with van der Waals surface area (Å²) in [6, 6.07) is 0.359. The van der Waals surface area contributed by atoms with Crippen LogP contribution in [0.4, 0.5) is 0 Å². The molecule has 4 heteroatoms. The third kappa shape index (κ3) is 1.47. The molecule has 0 saturated carbocycles. The molecule has 0 aromatic carbocycles.